The summed E-state index contributed by atoms with van der Waals surface area (Å²) >= 11 is 4.54. The second kappa shape index (κ2) is 12.3. The van der Waals surface area contributed by atoms with Crippen molar-refractivity contribution >= 4 is 57.0 Å². The molecule has 4 nitrogen and oxygen atoms in total. The molecule has 4 rings (SSSR count). The van der Waals surface area contributed by atoms with Gasteiger partial charge in [-0.15, -0.1) is 11.8 Å². The Labute approximate surface area is 221 Å². The fraction of sp³-hybridized carbons (Fsp3) is 0.0345. The lowest BCUT2D eigenvalue weighted by Crippen LogP contribution is -2.19. The molecule has 0 radical (unpaired) electrons. The van der Waals surface area contributed by atoms with Crippen LogP contribution in [0.5, 0.6) is 0 Å². The molecule has 2 N–H and O–H groups in total. The van der Waals surface area contributed by atoms with E-state index in [9.17, 15) is 14.0 Å². The highest BCUT2D eigenvalue weighted by Gasteiger charge is 2.23. The first-order chi connectivity index (χ1) is 17.5. The third-order valence-electron chi connectivity index (χ3n) is 5.11. The van der Waals surface area contributed by atoms with Crippen molar-refractivity contribution in [2.24, 2.45) is 0 Å². The first-order valence-corrected chi connectivity index (χ1v) is 12.8. The van der Waals surface area contributed by atoms with Crippen molar-refractivity contribution < 1.29 is 14.0 Å². The first kappa shape index (κ1) is 25.4. The number of anilines is 2. The molecule has 1 atom stereocenters. The maximum atomic E-state index is 14.4. The van der Waals surface area contributed by atoms with Crippen LogP contribution in [0.3, 0.4) is 0 Å². The van der Waals surface area contributed by atoms with Crippen LogP contribution < -0.4 is 10.6 Å². The van der Waals surface area contributed by atoms with Gasteiger partial charge in [0, 0.05) is 21.1 Å². The van der Waals surface area contributed by atoms with Gasteiger partial charge in [-0.1, -0.05) is 82.7 Å². The molecular weight excluding hydrogens is 539 g/mol. The maximum Gasteiger partial charge on any atom is 0.248 e. The smallest absolute Gasteiger partial charge is 0.248 e. The maximum absolute atomic E-state index is 14.4. The van der Waals surface area contributed by atoms with Gasteiger partial charge in [-0.25, -0.2) is 4.39 Å². The predicted octanol–water partition coefficient (Wildman–Crippen LogP) is 7.71. The van der Waals surface area contributed by atoms with Crippen LogP contribution in [0.15, 0.2) is 119 Å². The minimum absolute atomic E-state index is 0.107. The fourth-order valence-corrected chi connectivity index (χ4v) is 4.81. The SMILES string of the molecule is O=C(/C=C/c1ccccc1)Nc1cccc(SC(C(=O)Nc2ccc(Br)cc2F)c2ccccc2)c1. The van der Waals surface area contributed by atoms with E-state index < -0.39 is 11.1 Å². The second-order valence-corrected chi connectivity index (χ2v) is 9.88. The molecule has 1 unspecified atom stereocenters. The number of halogens is 2. The van der Waals surface area contributed by atoms with E-state index in [1.54, 1.807) is 18.2 Å². The summed E-state index contributed by atoms with van der Waals surface area (Å²) in [6.45, 7) is 0. The summed E-state index contributed by atoms with van der Waals surface area (Å²) in [5.74, 6) is -1.14. The van der Waals surface area contributed by atoms with E-state index >= 15 is 0 Å². The molecule has 0 heterocycles. The average Bonchev–Trinajstić information content (AvgIpc) is 2.89. The molecule has 36 heavy (non-hydrogen) atoms. The zero-order chi connectivity index (χ0) is 25.3. The van der Waals surface area contributed by atoms with Gasteiger partial charge in [0.1, 0.15) is 11.1 Å². The Morgan fingerprint density at radius 1 is 0.833 bits per heavy atom. The Bertz CT molecular complexity index is 1380. The van der Waals surface area contributed by atoms with Crippen LogP contribution in [0.1, 0.15) is 16.4 Å². The van der Waals surface area contributed by atoms with Crippen LogP contribution >= 0.6 is 27.7 Å². The van der Waals surface area contributed by atoms with Crippen molar-refractivity contribution in [3.05, 3.63) is 131 Å². The number of benzene rings is 4. The molecule has 0 bridgehead atoms. The predicted molar refractivity (Wildman–Crippen MR) is 148 cm³/mol. The molecule has 7 heteroatoms. The third-order valence-corrected chi connectivity index (χ3v) is 6.85. The highest BCUT2D eigenvalue weighted by Crippen LogP contribution is 2.37. The second-order valence-electron chi connectivity index (χ2n) is 7.78. The Balaban J connectivity index is 1.50. The summed E-state index contributed by atoms with van der Waals surface area (Å²) in [7, 11) is 0. The van der Waals surface area contributed by atoms with Crippen LogP contribution in [-0.2, 0) is 9.59 Å². The number of hydrogen-bond acceptors (Lipinski definition) is 3. The van der Waals surface area contributed by atoms with Gasteiger partial charge in [0.15, 0.2) is 0 Å². The van der Waals surface area contributed by atoms with Crippen molar-refractivity contribution in [3.8, 4) is 0 Å². The number of carbonyl (C=O) groups is 2. The third kappa shape index (κ3) is 7.16. The average molecular weight is 561 g/mol. The van der Waals surface area contributed by atoms with E-state index in [0.717, 1.165) is 16.0 Å². The van der Waals surface area contributed by atoms with Crippen molar-refractivity contribution in [2.45, 2.75) is 10.1 Å². The molecule has 0 aliphatic heterocycles. The summed E-state index contributed by atoms with van der Waals surface area (Å²) in [5.41, 5.74) is 2.42. The Hall–Kier alpha value is -3.68. The van der Waals surface area contributed by atoms with E-state index in [0.29, 0.717) is 10.2 Å². The number of carbonyl (C=O) groups excluding carboxylic acids is 2. The van der Waals surface area contributed by atoms with Crippen LogP contribution in [0, 0.1) is 5.82 Å². The molecular formula is C29H22BrFN2O2S. The monoisotopic (exact) mass is 560 g/mol. The molecule has 180 valence electrons. The zero-order valence-electron chi connectivity index (χ0n) is 19.0. The summed E-state index contributed by atoms with van der Waals surface area (Å²) in [6, 6.07) is 30.6. The molecule has 0 spiro atoms. The van der Waals surface area contributed by atoms with Crippen molar-refractivity contribution in [3.63, 3.8) is 0 Å². The largest absolute Gasteiger partial charge is 0.322 e. The van der Waals surface area contributed by atoms with Crippen molar-refractivity contribution in [1.29, 1.82) is 0 Å². The van der Waals surface area contributed by atoms with Gasteiger partial charge in [0.05, 0.1) is 5.69 Å². The lowest BCUT2D eigenvalue weighted by molar-refractivity contribution is -0.116. The highest BCUT2D eigenvalue weighted by atomic mass is 79.9. The van der Waals surface area contributed by atoms with E-state index in [-0.39, 0.29) is 17.5 Å². The standard InChI is InChI=1S/C29H22BrFN2O2S/c30-22-15-16-26(25(31)18-22)33-29(35)28(21-10-5-2-6-11-21)36-24-13-7-12-23(19-24)32-27(34)17-14-20-8-3-1-4-9-20/h1-19,28H,(H,32,34)(H,33,35)/b17-14+. The zero-order valence-corrected chi connectivity index (χ0v) is 21.4. The number of nitrogens with one attached hydrogen (secondary N) is 2. The van der Waals surface area contributed by atoms with Gasteiger partial charge < -0.3 is 10.6 Å². The van der Waals surface area contributed by atoms with Gasteiger partial charge >= 0.3 is 0 Å². The van der Waals surface area contributed by atoms with Crippen molar-refractivity contribution in [1.82, 2.24) is 0 Å². The summed E-state index contributed by atoms with van der Waals surface area (Å²) in [6.07, 6.45) is 3.22. The van der Waals surface area contributed by atoms with Gasteiger partial charge in [-0.05, 0) is 53.6 Å². The van der Waals surface area contributed by atoms with E-state index in [4.69, 9.17) is 0 Å². The molecule has 0 fully saturated rings. The van der Waals surface area contributed by atoms with Gasteiger partial charge in [-0.3, -0.25) is 9.59 Å². The van der Waals surface area contributed by atoms with E-state index in [1.807, 2.05) is 78.9 Å². The van der Waals surface area contributed by atoms with Crippen LogP contribution in [0.25, 0.3) is 6.08 Å². The number of hydrogen-bond donors (Lipinski definition) is 2. The summed E-state index contributed by atoms with van der Waals surface area (Å²) in [5, 5.41) is 4.91. The minimum Gasteiger partial charge on any atom is -0.322 e. The van der Waals surface area contributed by atoms with Gasteiger partial charge in [0.2, 0.25) is 11.8 Å². The Kier molecular flexibility index (Phi) is 8.71. The van der Waals surface area contributed by atoms with E-state index in [1.165, 1.54) is 30.0 Å². The lowest BCUT2D eigenvalue weighted by atomic mass is 10.1. The van der Waals surface area contributed by atoms with E-state index in [2.05, 4.69) is 26.6 Å². The quantitative estimate of drug-likeness (QED) is 0.171. The number of amides is 2. The molecule has 0 aliphatic rings. The topological polar surface area (TPSA) is 58.2 Å². The molecule has 2 amide bonds. The van der Waals surface area contributed by atoms with Crippen LogP contribution in [0.2, 0.25) is 0 Å². The molecule has 0 saturated carbocycles. The Morgan fingerprint density at radius 2 is 1.56 bits per heavy atom. The number of rotatable bonds is 8. The fourth-order valence-electron chi connectivity index (χ4n) is 3.39. The molecule has 0 aromatic heterocycles. The number of thioether (sulfide) groups is 1. The molecule has 0 aliphatic carbocycles. The Morgan fingerprint density at radius 3 is 2.28 bits per heavy atom. The lowest BCUT2D eigenvalue weighted by Gasteiger charge is -2.18. The summed E-state index contributed by atoms with van der Waals surface area (Å²) < 4.78 is 14.9. The van der Waals surface area contributed by atoms with Crippen LogP contribution in [-0.4, -0.2) is 11.8 Å². The minimum atomic E-state index is -0.641. The highest BCUT2D eigenvalue weighted by molar-refractivity contribution is 9.10. The molecule has 4 aromatic rings. The van der Waals surface area contributed by atoms with Gasteiger partial charge in [-0.2, -0.15) is 0 Å². The normalized spacial score (nSPS) is 11.7. The van der Waals surface area contributed by atoms with Crippen LogP contribution in [0.4, 0.5) is 15.8 Å². The first-order valence-electron chi connectivity index (χ1n) is 11.1. The molecule has 0 saturated heterocycles. The van der Waals surface area contributed by atoms with Crippen molar-refractivity contribution in [2.75, 3.05) is 10.6 Å². The molecule has 4 aromatic carbocycles. The van der Waals surface area contributed by atoms with Gasteiger partial charge in [0.25, 0.3) is 0 Å². The summed E-state index contributed by atoms with van der Waals surface area (Å²) in [4.78, 5) is 26.4.